The standard InChI is InChI=1S/C8H11B/c1-4-5-6-8(9)7(2)3/h4-6H,1H2,2-3H3/b6-5-. The number of hydrogen-bond donors (Lipinski definition) is 0. The van der Waals surface area contributed by atoms with Crippen LogP contribution in [0.2, 0.25) is 0 Å². The fraction of sp³-hybridized carbons (Fsp3) is 0.250. The highest BCUT2D eigenvalue weighted by molar-refractivity contribution is 6.23. The third-order valence-electron chi connectivity index (χ3n) is 0.989. The zero-order valence-corrected chi connectivity index (χ0v) is 6.02. The van der Waals surface area contributed by atoms with Gasteiger partial charge in [0.05, 0.1) is 0 Å². The Kier molecular flexibility index (Phi) is 3.86. The smallest absolute Gasteiger partial charge is 0.0991 e. The predicted molar refractivity (Wildman–Crippen MR) is 43.5 cm³/mol. The lowest BCUT2D eigenvalue weighted by atomic mass is 9.91. The van der Waals surface area contributed by atoms with Crippen LogP contribution in [0.25, 0.3) is 0 Å². The van der Waals surface area contributed by atoms with Crippen molar-refractivity contribution < 1.29 is 0 Å². The van der Waals surface area contributed by atoms with E-state index in [4.69, 9.17) is 7.85 Å². The van der Waals surface area contributed by atoms with Crippen molar-refractivity contribution in [2.45, 2.75) is 13.8 Å². The molecule has 1 heteroatoms. The largest absolute Gasteiger partial charge is 0.113 e. The molecule has 0 amide bonds. The van der Waals surface area contributed by atoms with Gasteiger partial charge in [0.1, 0.15) is 7.85 Å². The maximum absolute atomic E-state index is 5.55. The lowest BCUT2D eigenvalue weighted by Gasteiger charge is -1.92. The molecule has 0 aliphatic carbocycles. The number of hydrogen-bond acceptors (Lipinski definition) is 0. The Morgan fingerprint density at radius 2 is 2.00 bits per heavy atom. The molecule has 0 unspecified atom stereocenters. The summed E-state index contributed by atoms with van der Waals surface area (Å²) in [7, 11) is 5.55. The van der Waals surface area contributed by atoms with Crippen molar-refractivity contribution >= 4 is 7.85 Å². The van der Waals surface area contributed by atoms with Gasteiger partial charge < -0.3 is 0 Å². The Bertz CT molecular complexity index is 148. The molecule has 0 spiro atoms. The van der Waals surface area contributed by atoms with E-state index in [9.17, 15) is 0 Å². The van der Waals surface area contributed by atoms with Crippen LogP contribution in [0.4, 0.5) is 0 Å². The summed E-state index contributed by atoms with van der Waals surface area (Å²) in [5.41, 5.74) is 1.95. The normalized spacial score (nSPS) is 9.56. The second-order valence-electron chi connectivity index (χ2n) is 2.05. The Hall–Kier alpha value is -0.715. The van der Waals surface area contributed by atoms with Crippen molar-refractivity contribution in [2.75, 3.05) is 0 Å². The first-order valence-electron chi connectivity index (χ1n) is 2.90. The maximum atomic E-state index is 5.55. The lowest BCUT2D eigenvalue weighted by Crippen LogP contribution is -1.77. The van der Waals surface area contributed by atoms with Crippen LogP contribution >= 0.6 is 0 Å². The molecule has 0 aromatic carbocycles. The third-order valence-corrected chi connectivity index (χ3v) is 0.989. The molecule has 0 aliphatic rings. The summed E-state index contributed by atoms with van der Waals surface area (Å²) in [6, 6.07) is 0. The Morgan fingerprint density at radius 1 is 1.44 bits per heavy atom. The van der Waals surface area contributed by atoms with E-state index in [0.717, 1.165) is 11.0 Å². The average Bonchev–Trinajstić information content (AvgIpc) is 1.82. The minimum absolute atomic E-state index is 0.815. The molecular weight excluding hydrogens is 107 g/mol. The zero-order chi connectivity index (χ0) is 7.28. The van der Waals surface area contributed by atoms with Crippen molar-refractivity contribution in [3.05, 3.63) is 35.9 Å². The van der Waals surface area contributed by atoms with E-state index < -0.39 is 0 Å². The van der Waals surface area contributed by atoms with Gasteiger partial charge in [0, 0.05) is 0 Å². The SMILES string of the molecule is [B]C(/C=C\C=C)=C(C)C. The molecule has 0 nitrogen and oxygen atoms in total. The van der Waals surface area contributed by atoms with E-state index in [0.29, 0.717) is 0 Å². The van der Waals surface area contributed by atoms with Crippen molar-refractivity contribution in [3.8, 4) is 0 Å². The Labute approximate surface area is 58.4 Å². The summed E-state index contributed by atoms with van der Waals surface area (Å²) in [6.45, 7) is 7.48. The molecule has 9 heavy (non-hydrogen) atoms. The second-order valence-corrected chi connectivity index (χ2v) is 2.05. The third kappa shape index (κ3) is 3.83. The van der Waals surface area contributed by atoms with Crippen LogP contribution < -0.4 is 0 Å². The van der Waals surface area contributed by atoms with Crippen molar-refractivity contribution in [2.24, 2.45) is 0 Å². The van der Waals surface area contributed by atoms with Gasteiger partial charge in [-0.3, -0.25) is 0 Å². The summed E-state index contributed by atoms with van der Waals surface area (Å²) in [6.07, 6.45) is 5.36. The van der Waals surface area contributed by atoms with E-state index in [-0.39, 0.29) is 0 Å². The van der Waals surface area contributed by atoms with E-state index in [2.05, 4.69) is 6.58 Å². The van der Waals surface area contributed by atoms with Crippen LogP contribution in [0, 0.1) is 0 Å². The summed E-state index contributed by atoms with van der Waals surface area (Å²) in [5, 5.41) is 0. The molecule has 0 saturated carbocycles. The fourth-order valence-electron chi connectivity index (χ4n) is 0.338. The summed E-state index contributed by atoms with van der Waals surface area (Å²) >= 11 is 0. The summed E-state index contributed by atoms with van der Waals surface area (Å²) in [5.74, 6) is 0. The van der Waals surface area contributed by atoms with E-state index in [1.54, 1.807) is 6.08 Å². The monoisotopic (exact) mass is 118 g/mol. The molecule has 0 aromatic heterocycles. The zero-order valence-electron chi connectivity index (χ0n) is 6.02. The molecule has 2 radical (unpaired) electrons. The highest BCUT2D eigenvalue weighted by Gasteiger charge is 1.80. The molecule has 0 aliphatic heterocycles. The lowest BCUT2D eigenvalue weighted by molar-refractivity contribution is 1.38. The van der Waals surface area contributed by atoms with Crippen LogP contribution in [0.5, 0.6) is 0 Å². The minimum atomic E-state index is 0.815. The van der Waals surface area contributed by atoms with Crippen molar-refractivity contribution in [3.63, 3.8) is 0 Å². The van der Waals surface area contributed by atoms with Crippen LogP contribution in [-0.4, -0.2) is 7.85 Å². The molecule has 0 rings (SSSR count). The molecule has 0 atom stereocenters. The van der Waals surface area contributed by atoms with Gasteiger partial charge >= 0.3 is 0 Å². The van der Waals surface area contributed by atoms with Gasteiger partial charge in [0.25, 0.3) is 0 Å². The summed E-state index contributed by atoms with van der Waals surface area (Å²) in [4.78, 5) is 0. The van der Waals surface area contributed by atoms with Crippen molar-refractivity contribution in [1.82, 2.24) is 0 Å². The quantitative estimate of drug-likeness (QED) is 0.385. The Balaban J connectivity index is 4.06. The van der Waals surface area contributed by atoms with Crippen LogP contribution in [0.15, 0.2) is 35.9 Å². The first-order valence-corrected chi connectivity index (χ1v) is 2.90. The second kappa shape index (κ2) is 4.19. The summed E-state index contributed by atoms with van der Waals surface area (Å²) < 4.78 is 0. The first kappa shape index (κ1) is 8.28. The van der Waals surface area contributed by atoms with Crippen LogP contribution in [-0.2, 0) is 0 Å². The number of allylic oxidation sites excluding steroid dienone is 5. The van der Waals surface area contributed by atoms with E-state index in [1.165, 1.54) is 0 Å². The highest BCUT2D eigenvalue weighted by Crippen LogP contribution is 1.98. The molecule has 0 saturated heterocycles. The molecule has 0 aromatic rings. The average molecular weight is 118 g/mol. The van der Waals surface area contributed by atoms with E-state index >= 15 is 0 Å². The first-order chi connectivity index (χ1) is 4.18. The molecule has 0 heterocycles. The molecule has 0 fully saturated rings. The van der Waals surface area contributed by atoms with Gasteiger partial charge in [-0.05, 0) is 13.8 Å². The van der Waals surface area contributed by atoms with Crippen molar-refractivity contribution in [1.29, 1.82) is 0 Å². The molecular formula is C8H11B. The number of rotatable bonds is 2. The fourth-order valence-corrected chi connectivity index (χ4v) is 0.338. The maximum Gasteiger partial charge on any atom is 0.113 e. The molecule has 0 bridgehead atoms. The van der Waals surface area contributed by atoms with Gasteiger partial charge in [-0.1, -0.05) is 35.9 Å². The van der Waals surface area contributed by atoms with Crippen LogP contribution in [0.3, 0.4) is 0 Å². The van der Waals surface area contributed by atoms with Gasteiger partial charge in [-0.15, -0.1) is 0 Å². The predicted octanol–water partition coefficient (Wildman–Crippen LogP) is 2.19. The van der Waals surface area contributed by atoms with Gasteiger partial charge in [-0.25, -0.2) is 0 Å². The highest BCUT2D eigenvalue weighted by atomic mass is 13.8. The van der Waals surface area contributed by atoms with Gasteiger partial charge in [-0.2, -0.15) is 0 Å². The minimum Gasteiger partial charge on any atom is -0.0991 e. The van der Waals surface area contributed by atoms with E-state index in [1.807, 2.05) is 26.0 Å². The van der Waals surface area contributed by atoms with Gasteiger partial charge in [0.2, 0.25) is 0 Å². The topological polar surface area (TPSA) is 0 Å². The van der Waals surface area contributed by atoms with Gasteiger partial charge in [0.15, 0.2) is 0 Å². The van der Waals surface area contributed by atoms with Crippen LogP contribution in [0.1, 0.15) is 13.8 Å². The molecule has 0 N–H and O–H groups in total. The molecule has 46 valence electrons. The Morgan fingerprint density at radius 3 is 2.33 bits per heavy atom.